The van der Waals surface area contributed by atoms with Gasteiger partial charge in [-0.1, -0.05) is 52.4 Å². The predicted octanol–water partition coefficient (Wildman–Crippen LogP) is 8.05. The molecule has 0 saturated heterocycles. The summed E-state index contributed by atoms with van der Waals surface area (Å²) >= 11 is 2.00. The average molecular weight is 395 g/mol. The van der Waals surface area contributed by atoms with Gasteiger partial charge in [-0.25, -0.2) is 0 Å². The third-order valence-corrected chi connectivity index (χ3v) is 6.62. The highest BCUT2D eigenvalue weighted by atomic mass is 32.1. The highest BCUT2D eigenvalue weighted by Gasteiger charge is 2.13. The summed E-state index contributed by atoms with van der Waals surface area (Å²) in [5.74, 6) is 0. The van der Waals surface area contributed by atoms with Gasteiger partial charge in [-0.05, 0) is 67.1 Å². The molecule has 0 atom stereocenters. The first kappa shape index (κ1) is 20.9. The molecule has 0 spiro atoms. The molecule has 0 aliphatic heterocycles. The maximum Gasteiger partial charge on any atom is 0.0870 e. The Morgan fingerprint density at radius 1 is 0.893 bits per heavy atom. The van der Waals surface area contributed by atoms with Crippen molar-refractivity contribution in [3.8, 4) is 21.8 Å². The van der Waals surface area contributed by atoms with E-state index in [2.05, 4.69) is 48.1 Å². The number of H-pyrrole nitrogens is 1. The Morgan fingerprint density at radius 3 is 2.39 bits per heavy atom. The number of pyridine rings is 1. The zero-order valence-corrected chi connectivity index (χ0v) is 18.3. The summed E-state index contributed by atoms with van der Waals surface area (Å²) in [6, 6.07) is 11.0. The van der Waals surface area contributed by atoms with Crippen LogP contribution in [-0.4, -0.2) is 9.97 Å². The van der Waals surface area contributed by atoms with Gasteiger partial charge in [-0.15, -0.1) is 11.3 Å². The molecule has 1 N–H and O–H groups in total. The number of hydrogen-bond donors (Lipinski definition) is 1. The third-order valence-electron chi connectivity index (χ3n) is 5.33. The second-order valence-electron chi connectivity index (χ2n) is 7.70. The number of hydrogen-bond acceptors (Lipinski definition) is 2. The molecule has 0 radical (unpaired) electrons. The van der Waals surface area contributed by atoms with Gasteiger partial charge in [0.15, 0.2) is 0 Å². The molecule has 150 valence electrons. The van der Waals surface area contributed by atoms with Crippen LogP contribution in [0.15, 0.2) is 42.7 Å². The molecule has 3 aromatic rings. The van der Waals surface area contributed by atoms with Gasteiger partial charge < -0.3 is 4.98 Å². The van der Waals surface area contributed by atoms with Crippen molar-refractivity contribution in [3.63, 3.8) is 0 Å². The summed E-state index contributed by atoms with van der Waals surface area (Å²) in [6.07, 6.45) is 16.9. The lowest BCUT2D eigenvalue weighted by atomic mass is 10.0. The summed E-state index contributed by atoms with van der Waals surface area (Å²) in [7, 11) is 0. The van der Waals surface area contributed by atoms with Crippen molar-refractivity contribution in [2.45, 2.75) is 78.1 Å². The molecule has 0 unspecified atom stereocenters. The Balaban J connectivity index is 1.80. The smallest absolute Gasteiger partial charge is 0.0870 e. The van der Waals surface area contributed by atoms with E-state index in [1.54, 1.807) is 4.88 Å². The number of rotatable bonds is 12. The topological polar surface area (TPSA) is 28.7 Å². The second kappa shape index (κ2) is 11.2. The number of aryl methyl sites for hydroxylation is 2. The van der Waals surface area contributed by atoms with Crippen LogP contribution in [-0.2, 0) is 12.8 Å². The Bertz CT molecular complexity index is 817. The summed E-state index contributed by atoms with van der Waals surface area (Å²) in [5, 5.41) is 0. The average Bonchev–Trinajstić information content (AvgIpc) is 3.39. The van der Waals surface area contributed by atoms with E-state index in [1.165, 1.54) is 80.2 Å². The minimum Gasteiger partial charge on any atom is -0.360 e. The van der Waals surface area contributed by atoms with Crippen molar-refractivity contribution < 1.29 is 0 Å². The lowest BCUT2D eigenvalue weighted by molar-refractivity contribution is 0.665. The minimum absolute atomic E-state index is 1.03. The molecule has 3 aromatic heterocycles. The van der Waals surface area contributed by atoms with E-state index >= 15 is 0 Å². The number of thiophene rings is 1. The fourth-order valence-electron chi connectivity index (χ4n) is 3.72. The zero-order chi connectivity index (χ0) is 19.6. The molecule has 2 nitrogen and oxygen atoms in total. The highest BCUT2D eigenvalue weighted by Crippen LogP contribution is 2.36. The van der Waals surface area contributed by atoms with Crippen molar-refractivity contribution >= 4 is 11.3 Å². The molecular formula is C25H34N2S. The molecule has 0 aliphatic carbocycles. The second-order valence-corrected chi connectivity index (χ2v) is 8.84. The zero-order valence-electron chi connectivity index (χ0n) is 17.5. The number of aromatic nitrogens is 2. The number of aromatic amines is 1. The third kappa shape index (κ3) is 5.81. The monoisotopic (exact) mass is 394 g/mol. The fourth-order valence-corrected chi connectivity index (χ4v) is 4.96. The van der Waals surface area contributed by atoms with Crippen molar-refractivity contribution in [2.75, 3.05) is 0 Å². The molecule has 0 aromatic carbocycles. The van der Waals surface area contributed by atoms with Crippen LogP contribution in [0.5, 0.6) is 0 Å². The van der Waals surface area contributed by atoms with E-state index in [0.717, 1.165) is 11.4 Å². The van der Waals surface area contributed by atoms with Crippen molar-refractivity contribution in [1.29, 1.82) is 0 Å². The van der Waals surface area contributed by atoms with E-state index in [0.29, 0.717) is 0 Å². The molecule has 0 saturated carbocycles. The van der Waals surface area contributed by atoms with Gasteiger partial charge in [0.1, 0.15) is 0 Å². The van der Waals surface area contributed by atoms with Crippen LogP contribution < -0.4 is 0 Å². The van der Waals surface area contributed by atoms with E-state index in [-0.39, 0.29) is 0 Å². The Labute approximate surface area is 174 Å². The lowest BCUT2D eigenvalue weighted by Gasteiger charge is -2.06. The summed E-state index contributed by atoms with van der Waals surface area (Å²) in [5.41, 5.74) is 4.96. The largest absolute Gasteiger partial charge is 0.360 e. The minimum atomic E-state index is 1.03. The van der Waals surface area contributed by atoms with Crippen LogP contribution in [0.25, 0.3) is 21.8 Å². The molecule has 0 aliphatic rings. The first-order valence-electron chi connectivity index (χ1n) is 11.0. The van der Waals surface area contributed by atoms with Gasteiger partial charge >= 0.3 is 0 Å². The number of unbranched alkanes of at least 4 members (excludes halogenated alkanes) is 6. The Hall–Kier alpha value is -1.87. The van der Waals surface area contributed by atoms with E-state index in [1.807, 2.05) is 29.8 Å². The van der Waals surface area contributed by atoms with Gasteiger partial charge in [0.05, 0.1) is 11.4 Å². The number of nitrogens with zero attached hydrogens (tertiary/aromatic N) is 1. The summed E-state index contributed by atoms with van der Waals surface area (Å²) < 4.78 is 0. The normalized spacial score (nSPS) is 11.2. The predicted molar refractivity (Wildman–Crippen MR) is 123 cm³/mol. The molecule has 0 amide bonds. The molecule has 3 heteroatoms. The van der Waals surface area contributed by atoms with Crippen LogP contribution in [0.2, 0.25) is 0 Å². The van der Waals surface area contributed by atoms with Crippen LogP contribution in [0, 0.1) is 0 Å². The first-order chi connectivity index (χ1) is 13.8. The van der Waals surface area contributed by atoms with Crippen LogP contribution in [0.1, 0.15) is 75.7 Å². The maximum atomic E-state index is 4.57. The maximum absolute atomic E-state index is 4.57. The molecular weight excluding hydrogens is 360 g/mol. The van der Waals surface area contributed by atoms with Gasteiger partial charge in [0.2, 0.25) is 0 Å². The highest BCUT2D eigenvalue weighted by molar-refractivity contribution is 7.15. The van der Waals surface area contributed by atoms with Crippen LogP contribution in [0.3, 0.4) is 0 Å². The molecule has 28 heavy (non-hydrogen) atoms. The van der Waals surface area contributed by atoms with Crippen LogP contribution in [0.4, 0.5) is 0 Å². The van der Waals surface area contributed by atoms with E-state index in [4.69, 9.17) is 0 Å². The molecule has 0 fully saturated rings. The quantitative estimate of drug-likeness (QED) is 0.309. The summed E-state index contributed by atoms with van der Waals surface area (Å²) in [4.78, 5) is 10.9. The van der Waals surface area contributed by atoms with Gasteiger partial charge in [-0.2, -0.15) is 0 Å². The Kier molecular flexibility index (Phi) is 8.35. The number of nitrogens with one attached hydrogen (secondary N) is 1. The molecule has 0 bridgehead atoms. The first-order valence-corrected chi connectivity index (χ1v) is 11.8. The van der Waals surface area contributed by atoms with Crippen molar-refractivity contribution in [3.05, 3.63) is 53.2 Å². The fraction of sp³-hybridized carbons (Fsp3) is 0.480. The molecule has 3 heterocycles. The van der Waals surface area contributed by atoms with Crippen LogP contribution >= 0.6 is 11.3 Å². The van der Waals surface area contributed by atoms with Crippen molar-refractivity contribution in [1.82, 2.24) is 9.97 Å². The summed E-state index contributed by atoms with van der Waals surface area (Å²) in [6.45, 7) is 4.56. The van der Waals surface area contributed by atoms with Gasteiger partial charge in [0.25, 0.3) is 0 Å². The standard InChI is InChI=1S/C25H34N2S/c1-3-5-7-9-12-20-18-22(13-10-8-6-4-2)28-25(20)21-15-17-27-24(19-21)23-14-11-16-26-23/h11,14-19,26H,3-10,12-13H2,1-2H3. The SMILES string of the molecule is CCCCCCc1cc(CCCCCC)c(-c2ccnc(-c3ccc[nH]3)c2)s1. The van der Waals surface area contributed by atoms with Crippen molar-refractivity contribution in [2.24, 2.45) is 0 Å². The van der Waals surface area contributed by atoms with E-state index < -0.39 is 0 Å². The van der Waals surface area contributed by atoms with Gasteiger partial charge in [-0.3, -0.25) is 4.98 Å². The lowest BCUT2D eigenvalue weighted by Crippen LogP contribution is -1.89. The van der Waals surface area contributed by atoms with E-state index in [9.17, 15) is 0 Å². The molecule has 3 rings (SSSR count). The Morgan fingerprint density at radius 2 is 1.68 bits per heavy atom. The van der Waals surface area contributed by atoms with Gasteiger partial charge in [0, 0.05) is 22.1 Å².